The van der Waals surface area contributed by atoms with Gasteiger partial charge in [0, 0.05) is 29.1 Å². The molecular weight excluding hydrogens is 264 g/mol. The molecular formula is C16H16N4O. The minimum absolute atomic E-state index is 0.582. The Balaban J connectivity index is 1.91. The lowest BCUT2D eigenvalue weighted by Crippen LogP contribution is -2.06. The van der Waals surface area contributed by atoms with Crippen molar-refractivity contribution in [2.75, 3.05) is 12.4 Å². The van der Waals surface area contributed by atoms with E-state index in [0.29, 0.717) is 12.4 Å². The molecule has 0 saturated heterocycles. The summed E-state index contributed by atoms with van der Waals surface area (Å²) in [5, 5.41) is 13.9. The fourth-order valence-corrected chi connectivity index (χ4v) is 2.29. The molecule has 0 fully saturated rings. The molecule has 0 unspecified atom stereocenters. The van der Waals surface area contributed by atoms with Crippen LogP contribution in [0.4, 0.5) is 5.82 Å². The molecule has 0 spiro atoms. The first-order chi connectivity index (χ1) is 10.3. The Morgan fingerprint density at radius 2 is 1.86 bits per heavy atom. The molecule has 1 aromatic carbocycles. The topological polar surface area (TPSA) is 59.9 Å². The van der Waals surface area contributed by atoms with Crippen molar-refractivity contribution in [3.05, 3.63) is 53.9 Å². The maximum Gasteiger partial charge on any atom is 0.218 e. The number of rotatable bonds is 4. The molecule has 106 valence electrons. The molecule has 0 atom stereocenters. The second-order valence-corrected chi connectivity index (χ2v) is 4.70. The van der Waals surface area contributed by atoms with Crippen molar-refractivity contribution in [1.29, 1.82) is 0 Å². The number of fused-ring (bicyclic) bond motifs is 1. The van der Waals surface area contributed by atoms with Crippen LogP contribution >= 0.6 is 0 Å². The van der Waals surface area contributed by atoms with E-state index in [1.54, 1.807) is 13.3 Å². The van der Waals surface area contributed by atoms with Gasteiger partial charge in [-0.1, -0.05) is 30.3 Å². The lowest BCUT2D eigenvalue weighted by Gasteiger charge is -2.11. The number of methoxy groups -OCH3 is 1. The average Bonchev–Trinajstić information content (AvgIpc) is 2.55. The Hall–Kier alpha value is -2.69. The van der Waals surface area contributed by atoms with Gasteiger partial charge in [-0.25, -0.2) is 4.98 Å². The molecule has 0 aliphatic heterocycles. The standard InChI is InChI=1S/C16H16N4O/c1-11-13-7-3-4-8-14(13)15(20-19-11)18-10-12-6-5-9-17-16(12)21-2/h3-9H,10H2,1-2H3,(H,18,20). The van der Waals surface area contributed by atoms with E-state index < -0.39 is 0 Å². The smallest absolute Gasteiger partial charge is 0.218 e. The Morgan fingerprint density at radius 1 is 1.05 bits per heavy atom. The van der Waals surface area contributed by atoms with Crippen LogP contribution in [0.25, 0.3) is 10.8 Å². The predicted molar refractivity (Wildman–Crippen MR) is 82.4 cm³/mol. The lowest BCUT2D eigenvalue weighted by molar-refractivity contribution is 0.393. The third kappa shape index (κ3) is 2.63. The first-order valence-corrected chi connectivity index (χ1v) is 6.73. The number of nitrogens with one attached hydrogen (secondary N) is 1. The number of aryl methyl sites for hydroxylation is 1. The largest absolute Gasteiger partial charge is 0.481 e. The summed E-state index contributed by atoms with van der Waals surface area (Å²) >= 11 is 0. The van der Waals surface area contributed by atoms with E-state index in [4.69, 9.17) is 4.74 Å². The van der Waals surface area contributed by atoms with Gasteiger partial charge in [-0.15, -0.1) is 5.10 Å². The van der Waals surface area contributed by atoms with Crippen molar-refractivity contribution < 1.29 is 4.74 Å². The highest BCUT2D eigenvalue weighted by molar-refractivity contribution is 5.92. The summed E-state index contributed by atoms with van der Waals surface area (Å²) in [5.74, 6) is 1.39. The van der Waals surface area contributed by atoms with E-state index in [9.17, 15) is 0 Å². The second-order valence-electron chi connectivity index (χ2n) is 4.70. The van der Waals surface area contributed by atoms with Crippen LogP contribution in [0.1, 0.15) is 11.3 Å². The van der Waals surface area contributed by atoms with E-state index in [2.05, 4.69) is 26.6 Å². The zero-order chi connectivity index (χ0) is 14.7. The molecule has 0 amide bonds. The van der Waals surface area contributed by atoms with Gasteiger partial charge in [0.1, 0.15) is 0 Å². The van der Waals surface area contributed by atoms with Crippen molar-refractivity contribution in [3.8, 4) is 5.88 Å². The van der Waals surface area contributed by atoms with Crippen LogP contribution in [-0.4, -0.2) is 22.3 Å². The van der Waals surface area contributed by atoms with Crippen LogP contribution in [0, 0.1) is 6.92 Å². The van der Waals surface area contributed by atoms with E-state index >= 15 is 0 Å². The van der Waals surface area contributed by atoms with Gasteiger partial charge in [-0.2, -0.15) is 5.10 Å². The van der Waals surface area contributed by atoms with Gasteiger partial charge in [0.05, 0.1) is 12.8 Å². The van der Waals surface area contributed by atoms with Gasteiger partial charge in [0.25, 0.3) is 0 Å². The van der Waals surface area contributed by atoms with Crippen LogP contribution in [-0.2, 0) is 6.54 Å². The summed E-state index contributed by atoms with van der Waals surface area (Å²) in [4.78, 5) is 4.19. The summed E-state index contributed by atoms with van der Waals surface area (Å²) in [6.07, 6.45) is 1.71. The highest BCUT2D eigenvalue weighted by Crippen LogP contribution is 2.23. The van der Waals surface area contributed by atoms with Gasteiger partial charge in [0.15, 0.2) is 5.82 Å². The van der Waals surface area contributed by atoms with Crippen molar-refractivity contribution in [1.82, 2.24) is 15.2 Å². The number of aromatic nitrogens is 3. The van der Waals surface area contributed by atoms with Crippen LogP contribution in [0.3, 0.4) is 0 Å². The van der Waals surface area contributed by atoms with Crippen molar-refractivity contribution >= 4 is 16.6 Å². The number of benzene rings is 1. The van der Waals surface area contributed by atoms with Gasteiger partial charge in [-0.05, 0) is 13.0 Å². The van der Waals surface area contributed by atoms with Gasteiger partial charge >= 0.3 is 0 Å². The quantitative estimate of drug-likeness (QED) is 0.796. The molecule has 2 aromatic heterocycles. The number of ether oxygens (including phenoxy) is 1. The second kappa shape index (κ2) is 5.75. The van der Waals surface area contributed by atoms with Crippen molar-refractivity contribution in [2.24, 2.45) is 0 Å². The third-order valence-electron chi connectivity index (χ3n) is 3.36. The lowest BCUT2D eigenvalue weighted by atomic mass is 10.1. The molecule has 5 nitrogen and oxygen atoms in total. The molecule has 0 saturated carbocycles. The highest BCUT2D eigenvalue weighted by atomic mass is 16.5. The summed E-state index contributed by atoms with van der Waals surface area (Å²) in [6, 6.07) is 12.0. The molecule has 0 radical (unpaired) electrons. The van der Waals surface area contributed by atoms with E-state index in [1.807, 2.05) is 37.3 Å². The van der Waals surface area contributed by atoms with Crippen LogP contribution in [0.15, 0.2) is 42.6 Å². The van der Waals surface area contributed by atoms with Gasteiger partial charge in [-0.3, -0.25) is 0 Å². The molecule has 0 aliphatic rings. The van der Waals surface area contributed by atoms with Crippen LogP contribution in [0.2, 0.25) is 0 Å². The first kappa shape index (κ1) is 13.3. The maximum atomic E-state index is 5.25. The number of hydrogen-bond acceptors (Lipinski definition) is 5. The highest BCUT2D eigenvalue weighted by Gasteiger charge is 2.08. The molecule has 1 N–H and O–H groups in total. The Bertz CT molecular complexity index is 773. The minimum Gasteiger partial charge on any atom is -0.481 e. The molecule has 0 aliphatic carbocycles. The Morgan fingerprint density at radius 3 is 2.67 bits per heavy atom. The summed E-state index contributed by atoms with van der Waals surface area (Å²) < 4.78 is 5.25. The number of hydrogen-bond donors (Lipinski definition) is 1. The summed E-state index contributed by atoms with van der Waals surface area (Å²) in [6.45, 7) is 2.54. The average molecular weight is 280 g/mol. The zero-order valence-corrected chi connectivity index (χ0v) is 12.0. The number of anilines is 1. The fourth-order valence-electron chi connectivity index (χ4n) is 2.29. The SMILES string of the molecule is COc1ncccc1CNc1nnc(C)c2ccccc12. The van der Waals surface area contributed by atoms with E-state index in [-0.39, 0.29) is 0 Å². The molecule has 0 bridgehead atoms. The summed E-state index contributed by atoms with van der Waals surface area (Å²) in [5.41, 5.74) is 1.90. The van der Waals surface area contributed by atoms with Gasteiger partial charge < -0.3 is 10.1 Å². The first-order valence-electron chi connectivity index (χ1n) is 6.73. The van der Waals surface area contributed by atoms with Crippen LogP contribution < -0.4 is 10.1 Å². The molecule has 2 heterocycles. The zero-order valence-electron chi connectivity index (χ0n) is 12.0. The van der Waals surface area contributed by atoms with E-state index in [0.717, 1.165) is 27.8 Å². The molecule has 21 heavy (non-hydrogen) atoms. The molecule has 3 rings (SSSR count). The number of pyridine rings is 1. The Kier molecular flexibility index (Phi) is 3.64. The molecule has 3 aromatic rings. The monoisotopic (exact) mass is 280 g/mol. The van der Waals surface area contributed by atoms with Crippen LogP contribution in [0.5, 0.6) is 5.88 Å². The minimum atomic E-state index is 0.582. The molecule has 5 heteroatoms. The Labute approximate surface area is 123 Å². The normalized spacial score (nSPS) is 10.6. The van der Waals surface area contributed by atoms with Gasteiger partial charge in [0.2, 0.25) is 5.88 Å². The van der Waals surface area contributed by atoms with Crippen molar-refractivity contribution in [3.63, 3.8) is 0 Å². The summed E-state index contributed by atoms with van der Waals surface area (Å²) in [7, 11) is 1.62. The van der Waals surface area contributed by atoms with Crippen molar-refractivity contribution in [2.45, 2.75) is 13.5 Å². The predicted octanol–water partition coefficient (Wildman–Crippen LogP) is 2.95. The van der Waals surface area contributed by atoms with E-state index in [1.165, 1.54) is 0 Å². The fraction of sp³-hybridized carbons (Fsp3) is 0.188. The number of nitrogens with zero attached hydrogens (tertiary/aromatic N) is 3. The third-order valence-corrected chi connectivity index (χ3v) is 3.36. The maximum absolute atomic E-state index is 5.25.